The van der Waals surface area contributed by atoms with Gasteiger partial charge in [-0.1, -0.05) is 0 Å². The lowest BCUT2D eigenvalue weighted by atomic mass is 10.2. The minimum absolute atomic E-state index is 0.0693. The molecule has 26 heavy (non-hydrogen) atoms. The van der Waals surface area contributed by atoms with E-state index in [-0.39, 0.29) is 11.3 Å². The van der Waals surface area contributed by atoms with E-state index < -0.39 is 43.5 Å². The largest absolute Gasteiger partial charge is 0.573 e. The van der Waals surface area contributed by atoms with Crippen LogP contribution in [0.4, 0.5) is 28.9 Å². The van der Waals surface area contributed by atoms with Crippen LogP contribution in [0.1, 0.15) is 5.56 Å². The van der Waals surface area contributed by atoms with Crippen molar-refractivity contribution in [3.8, 4) is 5.75 Å². The Kier molecular flexibility index (Phi) is 5.07. The van der Waals surface area contributed by atoms with E-state index in [0.29, 0.717) is 12.1 Å². The van der Waals surface area contributed by atoms with Gasteiger partial charge in [0.25, 0.3) is 15.7 Å². The van der Waals surface area contributed by atoms with Crippen molar-refractivity contribution in [3.63, 3.8) is 0 Å². The zero-order valence-corrected chi connectivity index (χ0v) is 13.7. The molecule has 0 atom stereocenters. The Hall–Kier alpha value is -2.89. The number of hydrogen-bond acceptors (Lipinski definition) is 5. The molecule has 2 aromatic carbocycles. The molecule has 1 N–H and O–H groups in total. The minimum atomic E-state index is -4.91. The van der Waals surface area contributed by atoms with Crippen LogP contribution >= 0.6 is 0 Å². The van der Waals surface area contributed by atoms with Crippen molar-refractivity contribution >= 4 is 21.4 Å². The smallest absolute Gasteiger partial charge is 0.406 e. The average Bonchev–Trinajstić information content (AvgIpc) is 2.46. The number of aryl methyl sites for hydroxylation is 1. The molecule has 0 bridgehead atoms. The Bertz CT molecular complexity index is 943. The van der Waals surface area contributed by atoms with Crippen molar-refractivity contribution in [2.45, 2.75) is 18.2 Å². The Labute approximate surface area is 144 Å². The van der Waals surface area contributed by atoms with Gasteiger partial charge < -0.3 is 4.74 Å². The van der Waals surface area contributed by atoms with Gasteiger partial charge in [-0.15, -0.1) is 13.2 Å². The molecule has 2 rings (SSSR count). The van der Waals surface area contributed by atoms with Gasteiger partial charge in [0.2, 0.25) is 0 Å². The number of hydrogen-bond donors (Lipinski definition) is 1. The Morgan fingerprint density at radius 1 is 1.15 bits per heavy atom. The van der Waals surface area contributed by atoms with E-state index in [9.17, 15) is 36.1 Å². The summed E-state index contributed by atoms with van der Waals surface area (Å²) < 4.78 is 80.2. The number of anilines is 1. The zero-order valence-electron chi connectivity index (χ0n) is 12.9. The van der Waals surface area contributed by atoms with Gasteiger partial charge in [-0.05, 0) is 37.3 Å². The first kappa shape index (κ1) is 19.4. The second-order valence-corrected chi connectivity index (χ2v) is 6.65. The van der Waals surface area contributed by atoms with Crippen LogP contribution < -0.4 is 9.46 Å². The van der Waals surface area contributed by atoms with E-state index >= 15 is 0 Å². The van der Waals surface area contributed by atoms with E-state index in [0.717, 1.165) is 24.3 Å². The van der Waals surface area contributed by atoms with E-state index in [4.69, 9.17) is 0 Å². The summed E-state index contributed by atoms with van der Waals surface area (Å²) >= 11 is 0. The second kappa shape index (κ2) is 6.78. The fraction of sp³-hybridized carbons (Fsp3) is 0.143. The van der Waals surface area contributed by atoms with Crippen LogP contribution in [0.2, 0.25) is 0 Å². The third-order valence-corrected chi connectivity index (χ3v) is 4.47. The molecule has 12 heteroatoms. The number of nitrogens with one attached hydrogen (secondary N) is 1. The van der Waals surface area contributed by atoms with E-state index in [1.54, 1.807) is 0 Å². The highest BCUT2D eigenvalue weighted by Crippen LogP contribution is 2.28. The number of alkyl halides is 3. The predicted octanol–water partition coefficient (Wildman–Crippen LogP) is 3.74. The molecule has 0 saturated carbocycles. The lowest BCUT2D eigenvalue weighted by molar-refractivity contribution is -0.385. The summed E-state index contributed by atoms with van der Waals surface area (Å²) in [5.41, 5.74) is -0.858. The number of nitro benzene ring substituents is 1. The van der Waals surface area contributed by atoms with Crippen molar-refractivity contribution in [3.05, 3.63) is 57.9 Å². The summed E-state index contributed by atoms with van der Waals surface area (Å²) in [6.45, 7) is 1.24. The van der Waals surface area contributed by atoms with Crippen molar-refractivity contribution in [1.82, 2.24) is 0 Å². The molecule has 140 valence electrons. The van der Waals surface area contributed by atoms with Gasteiger partial charge in [0.1, 0.15) is 16.5 Å². The molecule has 0 heterocycles. The van der Waals surface area contributed by atoms with Crippen LogP contribution in [0.3, 0.4) is 0 Å². The van der Waals surface area contributed by atoms with Gasteiger partial charge >= 0.3 is 6.36 Å². The van der Waals surface area contributed by atoms with Gasteiger partial charge in [0, 0.05) is 17.3 Å². The van der Waals surface area contributed by atoms with Crippen molar-refractivity contribution in [1.29, 1.82) is 0 Å². The molecule has 0 aromatic heterocycles. The topological polar surface area (TPSA) is 98.5 Å². The first-order valence-corrected chi connectivity index (χ1v) is 8.20. The first-order valence-electron chi connectivity index (χ1n) is 6.72. The standard InChI is InChI=1S/C14H10F4N2O5S/c1-8-6-11(15)13(7-12(8)20(21)22)26(23,24)19-9-2-4-10(5-3-9)25-14(16,17)18/h2-7,19H,1H3. The van der Waals surface area contributed by atoms with E-state index in [1.807, 2.05) is 4.72 Å². The molecule has 0 aliphatic heterocycles. The summed E-state index contributed by atoms with van der Waals surface area (Å²) in [6, 6.07) is 4.87. The quantitative estimate of drug-likeness (QED) is 0.473. The summed E-state index contributed by atoms with van der Waals surface area (Å²) in [5, 5.41) is 10.9. The van der Waals surface area contributed by atoms with Gasteiger partial charge in [0.15, 0.2) is 0 Å². The number of ether oxygens (including phenoxy) is 1. The number of benzene rings is 2. The molecule has 0 spiro atoms. The van der Waals surface area contributed by atoms with E-state index in [2.05, 4.69) is 4.74 Å². The molecule has 0 fully saturated rings. The fourth-order valence-corrected chi connectivity index (χ4v) is 3.12. The molecular weight excluding hydrogens is 384 g/mol. The number of rotatable bonds is 5. The highest BCUT2D eigenvalue weighted by molar-refractivity contribution is 7.92. The number of nitrogens with zero attached hydrogens (tertiary/aromatic N) is 1. The lowest BCUT2D eigenvalue weighted by Gasteiger charge is -2.11. The van der Waals surface area contributed by atoms with Gasteiger partial charge in [0.05, 0.1) is 4.92 Å². The predicted molar refractivity (Wildman–Crippen MR) is 81.7 cm³/mol. The SMILES string of the molecule is Cc1cc(F)c(S(=O)(=O)Nc2ccc(OC(F)(F)F)cc2)cc1[N+](=O)[O-]. The highest BCUT2D eigenvalue weighted by atomic mass is 32.2. The average molecular weight is 394 g/mol. The van der Waals surface area contributed by atoms with Crippen LogP contribution in [0.5, 0.6) is 5.75 Å². The van der Waals surface area contributed by atoms with Crippen LogP contribution in [0.25, 0.3) is 0 Å². The maximum atomic E-state index is 14.0. The summed E-state index contributed by atoms with van der Waals surface area (Å²) in [5.74, 6) is -1.80. The summed E-state index contributed by atoms with van der Waals surface area (Å²) in [7, 11) is -4.56. The molecule has 0 saturated heterocycles. The second-order valence-electron chi connectivity index (χ2n) is 5.00. The normalized spacial score (nSPS) is 11.9. The fourth-order valence-electron chi connectivity index (χ4n) is 1.98. The Morgan fingerprint density at radius 2 is 1.73 bits per heavy atom. The van der Waals surface area contributed by atoms with Crippen LogP contribution in [0, 0.1) is 22.9 Å². The summed E-state index contributed by atoms with van der Waals surface area (Å²) in [6.07, 6.45) is -4.91. The zero-order chi connectivity index (χ0) is 19.7. The molecule has 2 aromatic rings. The van der Waals surface area contributed by atoms with Crippen LogP contribution in [-0.2, 0) is 10.0 Å². The minimum Gasteiger partial charge on any atom is -0.406 e. The third kappa shape index (κ3) is 4.59. The van der Waals surface area contributed by atoms with Gasteiger partial charge in [-0.2, -0.15) is 0 Å². The van der Waals surface area contributed by atoms with Crippen LogP contribution in [0.15, 0.2) is 41.3 Å². The monoisotopic (exact) mass is 394 g/mol. The number of nitro groups is 1. The first-order chi connectivity index (χ1) is 11.9. The molecule has 7 nitrogen and oxygen atoms in total. The van der Waals surface area contributed by atoms with Crippen LogP contribution in [-0.4, -0.2) is 19.7 Å². The van der Waals surface area contributed by atoms with Crippen molar-refractivity contribution < 1.29 is 35.6 Å². The third-order valence-electron chi connectivity index (χ3n) is 3.08. The van der Waals surface area contributed by atoms with E-state index in [1.165, 1.54) is 6.92 Å². The lowest BCUT2D eigenvalue weighted by Crippen LogP contribution is -2.17. The molecule has 0 aliphatic carbocycles. The molecule has 0 aliphatic rings. The van der Waals surface area contributed by atoms with Gasteiger partial charge in [-0.25, -0.2) is 12.8 Å². The van der Waals surface area contributed by atoms with Crippen molar-refractivity contribution in [2.75, 3.05) is 4.72 Å². The maximum Gasteiger partial charge on any atom is 0.573 e. The molecule has 0 radical (unpaired) electrons. The Morgan fingerprint density at radius 3 is 2.23 bits per heavy atom. The Balaban J connectivity index is 2.32. The summed E-state index contributed by atoms with van der Waals surface area (Å²) in [4.78, 5) is 9.05. The highest BCUT2D eigenvalue weighted by Gasteiger charge is 2.31. The maximum absolute atomic E-state index is 14.0. The number of sulfonamides is 1. The molecule has 0 amide bonds. The molecule has 0 unspecified atom stereocenters. The van der Waals surface area contributed by atoms with Crippen molar-refractivity contribution in [2.24, 2.45) is 0 Å². The molecular formula is C14H10F4N2O5S. The van der Waals surface area contributed by atoms with Gasteiger partial charge in [-0.3, -0.25) is 14.8 Å². The number of halogens is 4.